The molecular weight excluding hydrogens is 222 g/mol. The van der Waals surface area contributed by atoms with Crippen molar-refractivity contribution in [3.8, 4) is 0 Å². The van der Waals surface area contributed by atoms with E-state index >= 15 is 0 Å². The molecule has 0 aromatic heterocycles. The fourth-order valence-electron chi connectivity index (χ4n) is 2.79. The van der Waals surface area contributed by atoms with Crippen molar-refractivity contribution in [1.82, 2.24) is 4.90 Å². The largest absolute Gasteiger partial charge is 0.384 e. The first-order valence-electron chi connectivity index (χ1n) is 7.19. The smallest absolute Gasteiger partial charge is 0.0994 e. The van der Waals surface area contributed by atoms with Crippen molar-refractivity contribution < 1.29 is 5.11 Å². The van der Waals surface area contributed by atoms with Gasteiger partial charge in [0.05, 0.1) is 5.60 Å². The molecule has 0 radical (unpaired) electrons. The predicted octanol–water partition coefficient (Wildman–Crippen LogP) is 3.16. The molecule has 2 nitrogen and oxygen atoms in total. The van der Waals surface area contributed by atoms with E-state index in [1.807, 2.05) is 37.3 Å². The van der Waals surface area contributed by atoms with E-state index < -0.39 is 5.60 Å². The molecule has 1 aliphatic rings. The van der Waals surface area contributed by atoms with Gasteiger partial charge >= 0.3 is 0 Å². The fourth-order valence-corrected chi connectivity index (χ4v) is 2.79. The summed E-state index contributed by atoms with van der Waals surface area (Å²) in [7, 11) is 0. The Morgan fingerprint density at radius 2 is 1.56 bits per heavy atom. The van der Waals surface area contributed by atoms with Gasteiger partial charge < -0.3 is 10.0 Å². The van der Waals surface area contributed by atoms with Crippen molar-refractivity contribution in [2.24, 2.45) is 0 Å². The van der Waals surface area contributed by atoms with Crippen LogP contribution in [0.2, 0.25) is 0 Å². The zero-order chi connectivity index (χ0) is 12.8. The molecule has 2 rings (SSSR count). The van der Waals surface area contributed by atoms with Gasteiger partial charge in [-0.05, 0) is 38.4 Å². The Balaban J connectivity index is 1.97. The molecule has 18 heavy (non-hydrogen) atoms. The Morgan fingerprint density at radius 1 is 1.00 bits per heavy atom. The van der Waals surface area contributed by atoms with Crippen LogP contribution in [0.1, 0.15) is 44.6 Å². The topological polar surface area (TPSA) is 23.5 Å². The molecule has 1 heterocycles. The number of likely N-dealkylation sites (tertiary alicyclic amines) is 1. The molecule has 0 amide bonds. The van der Waals surface area contributed by atoms with E-state index in [1.165, 1.54) is 32.1 Å². The van der Waals surface area contributed by atoms with Crippen LogP contribution in [0.3, 0.4) is 0 Å². The zero-order valence-electron chi connectivity index (χ0n) is 11.4. The standard InChI is InChI=1S/C16H25NO/c1-16(18,15-10-6-5-7-11-15)14-17-12-8-3-2-4-9-13-17/h5-7,10-11,18H,2-4,8-9,12-14H2,1H3. The Morgan fingerprint density at radius 3 is 2.17 bits per heavy atom. The third-order valence-corrected chi connectivity index (χ3v) is 3.88. The number of rotatable bonds is 3. The van der Waals surface area contributed by atoms with Crippen LogP contribution in [0.15, 0.2) is 30.3 Å². The third-order valence-electron chi connectivity index (χ3n) is 3.88. The van der Waals surface area contributed by atoms with E-state index in [9.17, 15) is 5.11 Å². The Bertz CT molecular complexity index is 339. The van der Waals surface area contributed by atoms with E-state index in [-0.39, 0.29) is 0 Å². The maximum absolute atomic E-state index is 10.7. The van der Waals surface area contributed by atoms with Crippen LogP contribution in [-0.2, 0) is 5.60 Å². The van der Waals surface area contributed by atoms with Crippen LogP contribution in [0.25, 0.3) is 0 Å². The Labute approximate surface area is 111 Å². The SMILES string of the molecule is CC(O)(CN1CCCCCCC1)c1ccccc1. The normalized spacial score (nSPS) is 21.9. The van der Waals surface area contributed by atoms with E-state index in [0.717, 1.165) is 25.2 Å². The van der Waals surface area contributed by atoms with E-state index in [2.05, 4.69) is 4.90 Å². The van der Waals surface area contributed by atoms with Crippen LogP contribution >= 0.6 is 0 Å². The molecule has 0 bridgehead atoms. The molecule has 1 aromatic rings. The van der Waals surface area contributed by atoms with Gasteiger partial charge in [0.1, 0.15) is 0 Å². The van der Waals surface area contributed by atoms with E-state index in [4.69, 9.17) is 0 Å². The summed E-state index contributed by atoms with van der Waals surface area (Å²) >= 11 is 0. The molecule has 1 atom stereocenters. The van der Waals surface area contributed by atoms with Gasteiger partial charge in [-0.15, -0.1) is 0 Å². The number of nitrogens with zero attached hydrogens (tertiary/aromatic N) is 1. The maximum atomic E-state index is 10.7. The molecule has 1 fully saturated rings. The van der Waals surface area contributed by atoms with Crippen LogP contribution < -0.4 is 0 Å². The maximum Gasteiger partial charge on any atom is 0.0994 e. The molecule has 1 aliphatic heterocycles. The molecule has 0 aliphatic carbocycles. The molecule has 0 spiro atoms. The summed E-state index contributed by atoms with van der Waals surface area (Å²) in [5.41, 5.74) is 0.285. The number of aliphatic hydroxyl groups is 1. The van der Waals surface area contributed by atoms with Crippen LogP contribution in [0.4, 0.5) is 0 Å². The highest BCUT2D eigenvalue weighted by Crippen LogP contribution is 2.22. The number of hydrogen-bond donors (Lipinski definition) is 1. The Kier molecular flexibility index (Phi) is 4.79. The van der Waals surface area contributed by atoms with E-state index in [0.29, 0.717) is 0 Å². The number of hydrogen-bond acceptors (Lipinski definition) is 2. The lowest BCUT2D eigenvalue weighted by atomic mass is 9.95. The minimum Gasteiger partial charge on any atom is -0.384 e. The minimum atomic E-state index is -0.736. The molecule has 1 aromatic carbocycles. The second-order valence-corrected chi connectivity index (χ2v) is 5.68. The van der Waals surface area contributed by atoms with Gasteiger partial charge in [-0.3, -0.25) is 0 Å². The van der Waals surface area contributed by atoms with Gasteiger partial charge in [-0.25, -0.2) is 0 Å². The molecule has 0 saturated carbocycles. The molecular formula is C16H25NO. The summed E-state index contributed by atoms with van der Waals surface area (Å²) < 4.78 is 0. The number of β-amino-alcohol motifs (C(OH)–C–C–N with tert-alkyl or cyclic N) is 1. The van der Waals surface area contributed by atoms with Gasteiger partial charge in [-0.2, -0.15) is 0 Å². The summed E-state index contributed by atoms with van der Waals surface area (Å²) in [6, 6.07) is 10.0. The van der Waals surface area contributed by atoms with Crippen molar-refractivity contribution in [2.45, 2.75) is 44.6 Å². The second kappa shape index (κ2) is 6.35. The van der Waals surface area contributed by atoms with Gasteiger partial charge in [0, 0.05) is 6.54 Å². The summed E-state index contributed by atoms with van der Waals surface area (Å²) in [6.07, 6.45) is 6.59. The van der Waals surface area contributed by atoms with Gasteiger partial charge in [0.2, 0.25) is 0 Å². The van der Waals surface area contributed by atoms with Crippen LogP contribution in [0, 0.1) is 0 Å². The lowest BCUT2D eigenvalue weighted by Crippen LogP contribution is -2.40. The lowest BCUT2D eigenvalue weighted by Gasteiger charge is -2.33. The third kappa shape index (κ3) is 3.82. The molecule has 100 valence electrons. The summed E-state index contributed by atoms with van der Waals surface area (Å²) in [4.78, 5) is 2.42. The highest BCUT2D eigenvalue weighted by atomic mass is 16.3. The average molecular weight is 247 g/mol. The van der Waals surface area contributed by atoms with Crippen molar-refractivity contribution in [3.05, 3.63) is 35.9 Å². The van der Waals surface area contributed by atoms with Crippen LogP contribution in [-0.4, -0.2) is 29.6 Å². The number of benzene rings is 1. The first kappa shape index (κ1) is 13.6. The molecule has 2 heteroatoms. The van der Waals surface area contributed by atoms with E-state index in [1.54, 1.807) is 0 Å². The second-order valence-electron chi connectivity index (χ2n) is 5.68. The molecule has 1 saturated heterocycles. The van der Waals surface area contributed by atoms with Crippen LogP contribution in [0.5, 0.6) is 0 Å². The van der Waals surface area contributed by atoms with Gasteiger partial charge in [0.15, 0.2) is 0 Å². The van der Waals surface area contributed by atoms with Crippen molar-refractivity contribution in [3.63, 3.8) is 0 Å². The first-order chi connectivity index (χ1) is 8.68. The Hall–Kier alpha value is -0.860. The van der Waals surface area contributed by atoms with Gasteiger partial charge in [0.25, 0.3) is 0 Å². The highest BCUT2D eigenvalue weighted by Gasteiger charge is 2.25. The summed E-state index contributed by atoms with van der Waals surface area (Å²) in [6.45, 7) is 4.93. The fraction of sp³-hybridized carbons (Fsp3) is 0.625. The monoisotopic (exact) mass is 247 g/mol. The first-order valence-corrected chi connectivity index (χ1v) is 7.19. The quantitative estimate of drug-likeness (QED) is 0.887. The highest BCUT2D eigenvalue weighted by molar-refractivity contribution is 5.21. The molecule has 1 N–H and O–H groups in total. The van der Waals surface area contributed by atoms with Crippen molar-refractivity contribution in [2.75, 3.05) is 19.6 Å². The summed E-state index contributed by atoms with van der Waals surface area (Å²) in [5.74, 6) is 0. The lowest BCUT2D eigenvalue weighted by molar-refractivity contribution is 0.0137. The van der Waals surface area contributed by atoms with Crippen molar-refractivity contribution in [1.29, 1.82) is 0 Å². The van der Waals surface area contributed by atoms with Gasteiger partial charge in [-0.1, -0.05) is 49.6 Å². The van der Waals surface area contributed by atoms with Crippen molar-refractivity contribution >= 4 is 0 Å². The average Bonchev–Trinajstić information content (AvgIpc) is 2.34. The predicted molar refractivity (Wildman–Crippen MR) is 75.5 cm³/mol. The zero-order valence-corrected chi connectivity index (χ0v) is 11.4. The summed E-state index contributed by atoms with van der Waals surface area (Å²) in [5, 5.41) is 10.7. The molecule has 1 unspecified atom stereocenters. The minimum absolute atomic E-state index is 0.736.